The third-order valence-electron chi connectivity index (χ3n) is 2.53. The van der Waals surface area contributed by atoms with Gasteiger partial charge in [0, 0.05) is 6.61 Å². The maximum Gasteiger partial charge on any atom is 0.335 e. The summed E-state index contributed by atoms with van der Waals surface area (Å²) >= 11 is 0. The lowest BCUT2D eigenvalue weighted by Crippen LogP contribution is -2.44. The minimum atomic E-state index is -1.02. The second kappa shape index (κ2) is 5.22. The second-order valence-corrected chi connectivity index (χ2v) is 3.53. The molecule has 0 radical (unpaired) electrons. The fourth-order valence-electron chi connectivity index (χ4n) is 1.42. The van der Waals surface area contributed by atoms with Crippen LogP contribution in [0.3, 0.4) is 0 Å². The number of hydrogen-bond donors (Lipinski definition) is 1. The van der Waals surface area contributed by atoms with Gasteiger partial charge in [0.2, 0.25) is 0 Å². The number of aliphatic carboxylic acids is 1. The average molecular weight is 188 g/mol. The molecule has 0 heterocycles. The number of rotatable bonds is 6. The van der Waals surface area contributed by atoms with Crippen molar-refractivity contribution in [1.29, 1.82) is 0 Å². The van der Waals surface area contributed by atoms with Crippen molar-refractivity contribution in [3.8, 4) is 0 Å². The van der Waals surface area contributed by atoms with Gasteiger partial charge >= 0.3 is 5.97 Å². The van der Waals surface area contributed by atoms with Gasteiger partial charge in [-0.25, -0.2) is 4.79 Å². The van der Waals surface area contributed by atoms with Gasteiger partial charge in [-0.05, 0) is 26.2 Å². The Kier molecular flexibility index (Phi) is 4.99. The van der Waals surface area contributed by atoms with Crippen LogP contribution in [0.4, 0.5) is 0 Å². The highest BCUT2D eigenvalue weighted by Crippen LogP contribution is 2.25. The number of ether oxygens (including phenoxy) is 1. The van der Waals surface area contributed by atoms with Crippen molar-refractivity contribution in [1.82, 2.24) is 0 Å². The van der Waals surface area contributed by atoms with Crippen LogP contribution < -0.4 is 0 Å². The van der Waals surface area contributed by atoms with Gasteiger partial charge in [0.25, 0.3) is 0 Å². The molecule has 0 spiro atoms. The number of hydrogen-bond acceptors (Lipinski definition) is 2. The molecule has 0 saturated heterocycles. The zero-order valence-corrected chi connectivity index (χ0v) is 8.96. The molecule has 0 amide bonds. The van der Waals surface area contributed by atoms with E-state index < -0.39 is 11.6 Å². The highest BCUT2D eigenvalue weighted by Gasteiger charge is 2.39. The first kappa shape index (κ1) is 12.4. The molecule has 3 heteroatoms. The van der Waals surface area contributed by atoms with Gasteiger partial charge in [-0.1, -0.05) is 20.3 Å². The molecule has 3 nitrogen and oxygen atoms in total. The number of carboxylic acids is 1. The molecule has 0 rings (SSSR count). The Hall–Kier alpha value is -0.570. The second-order valence-electron chi connectivity index (χ2n) is 3.53. The fraction of sp³-hybridized carbons (Fsp3) is 0.900. The molecule has 0 fully saturated rings. The largest absolute Gasteiger partial charge is 0.479 e. The van der Waals surface area contributed by atoms with Crippen molar-refractivity contribution in [2.45, 2.75) is 46.1 Å². The van der Waals surface area contributed by atoms with Gasteiger partial charge in [-0.15, -0.1) is 0 Å². The zero-order chi connectivity index (χ0) is 10.5. The van der Waals surface area contributed by atoms with E-state index in [1.54, 1.807) is 6.92 Å². The molecule has 1 N–H and O–H groups in total. The molecule has 0 aromatic carbocycles. The summed E-state index contributed by atoms with van der Waals surface area (Å²) in [4.78, 5) is 11.0. The molecular formula is C10H20O3. The Morgan fingerprint density at radius 1 is 1.54 bits per heavy atom. The maximum absolute atomic E-state index is 11.0. The molecule has 0 bridgehead atoms. The van der Waals surface area contributed by atoms with Crippen LogP contribution in [-0.4, -0.2) is 23.3 Å². The normalized spacial score (nSPS) is 17.8. The van der Waals surface area contributed by atoms with Crippen LogP contribution in [0, 0.1) is 5.92 Å². The summed E-state index contributed by atoms with van der Waals surface area (Å²) < 4.78 is 5.31. The van der Waals surface area contributed by atoms with Gasteiger partial charge in [0.15, 0.2) is 5.60 Å². The van der Waals surface area contributed by atoms with E-state index in [1.165, 1.54) is 0 Å². The predicted molar refractivity (Wildman–Crippen MR) is 51.7 cm³/mol. The Balaban J connectivity index is 4.47. The monoisotopic (exact) mass is 188 g/mol. The van der Waals surface area contributed by atoms with Crippen LogP contribution in [0.5, 0.6) is 0 Å². The molecule has 0 aliphatic rings. The molecule has 1 unspecified atom stereocenters. The van der Waals surface area contributed by atoms with E-state index >= 15 is 0 Å². The molecule has 0 aromatic rings. The van der Waals surface area contributed by atoms with Gasteiger partial charge in [-0.2, -0.15) is 0 Å². The molecule has 2 atom stereocenters. The van der Waals surface area contributed by atoms with Crippen LogP contribution in [0.25, 0.3) is 0 Å². The van der Waals surface area contributed by atoms with Gasteiger partial charge < -0.3 is 9.84 Å². The first-order valence-electron chi connectivity index (χ1n) is 4.86. The highest BCUT2D eigenvalue weighted by molar-refractivity contribution is 5.77. The van der Waals surface area contributed by atoms with Crippen LogP contribution in [0.15, 0.2) is 0 Å². The lowest BCUT2D eigenvalue weighted by Gasteiger charge is -2.30. The number of carbonyl (C=O) groups is 1. The summed E-state index contributed by atoms with van der Waals surface area (Å²) in [5.74, 6) is -0.815. The topological polar surface area (TPSA) is 46.5 Å². The third-order valence-corrected chi connectivity index (χ3v) is 2.53. The van der Waals surface area contributed by atoms with E-state index in [-0.39, 0.29) is 5.92 Å². The molecular weight excluding hydrogens is 168 g/mol. The van der Waals surface area contributed by atoms with Crippen LogP contribution in [0.2, 0.25) is 0 Å². The first-order chi connectivity index (χ1) is 5.99. The minimum Gasteiger partial charge on any atom is -0.479 e. The smallest absolute Gasteiger partial charge is 0.335 e. The standard InChI is InChI=1S/C10H20O3/c1-5-7-8(3)10(4,9(11)12)13-6-2/h8H,5-7H2,1-4H3,(H,11,12)/t8-,10?/m0/s1. The van der Waals surface area contributed by atoms with E-state index in [9.17, 15) is 4.79 Å². The SMILES string of the molecule is CCC[C@H](C)C(C)(OCC)C(=O)O. The van der Waals surface area contributed by atoms with Crippen LogP contribution >= 0.6 is 0 Å². The summed E-state index contributed by atoms with van der Waals surface area (Å²) in [6, 6.07) is 0. The van der Waals surface area contributed by atoms with E-state index in [1.807, 2.05) is 20.8 Å². The Bertz CT molecular complexity index is 168. The van der Waals surface area contributed by atoms with Gasteiger partial charge in [-0.3, -0.25) is 0 Å². The predicted octanol–water partition coefficient (Wildman–Crippen LogP) is 2.30. The van der Waals surface area contributed by atoms with E-state index in [2.05, 4.69) is 0 Å². The molecule has 0 aliphatic heterocycles. The number of carboxylic acid groups (broad SMARTS) is 1. The quantitative estimate of drug-likeness (QED) is 0.695. The molecule has 0 aliphatic carbocycles. The van der Waals surface area contributed by atoms with Crippen molar-refractivity contribution in [2.24, 2.45) is 5.92 Å². The highest BCUT2D eigenvalue weighted by atomic mass is 16.5. The molecule has 0 saturated carbocycles. The minimum absolute atomic E-state index is 0.0509. The first-order valence-corrected chi connectivity index (χ1v) is 4.86. The summed E-state index contributed by atoms with van der Waals surface area (Å²) in [5, 5.41) is 9.04. The van der Waals surface area contributed by atoms with Crippen molar-refractivity contribution in [2.75, 3.05) is 6.61 Å². The maximum atomic E-state index is 11.0. The molecule has 0 aromatic heterocycles. The van der Waals surface area contributed by atoms with E-state index in [4.69, 9.17) is 9.84 Å². The zero-order valence-electron chi connectivity index (χ0n) is 8.96. The third kappa shape index (κ3) is 2.99. The average Bonchev–Trinajstić information content (AvgIpc) is 2.04. The molecule has 78 valence electrons. The van der Waals surface area contributed by atoms with Crippen molar-refractivity contribution in [3.05, 3.63) is 0 Å². The van der Waals surface area contributed by atoms with Crippen molar-refractivity contribution >= 4 is 5.97 Å². The lowest BCUT2D eigenvalue weighted by atomic mass is 9.87. The fourth-order valence-corrected chi connectivity index (χ4v) is 1.42. The molecule has 13 heavy (non-hydrogen) atoms. The van der Waals surface area contributed by atoms with E-state index in [0.717, 1.165) is 12.8 Å². The Morgan fingerprint density at radius 2 is 2.08 bits per heavy atom. The summed E-state index contributed by atoms with van der Waals surface area (Å²) in [6.07, 6.45) is 1.86. The van der Waals surface area contributed by atoms with Crippen molar-refractivity contribution in [3.63, 3.8) is 0 Å². The van der Waals surface area contributed by atoms with Gasteiger partial charge in [0.1, 0.15) is 0 Å². The van der Waals surface area contributed by atoms with Gasteiger partial charge in [0.05, 0.1) is 0 Å². The summed E-state index contributed by atoms with van der Waals surface area (Å²) in [5.41, 5.74) is -1.02. The van der Waals surface area contributed by atoms with Crippen LogP contribution in [-0.2, 0) is 9.53 Å². The Morgan fingerprint density at radius 3 is 2.38 bits per heavy atom. The van der Waals surface area contributed by atoms with Crippen molar-refractivity contribution < 1.29 is 14.6 Å². The summed E-state index contributed by atoms with van der Waals surface area (Å²) in [7, 11) is 0. The van der Waals surface area contributed by atoms with E-state index in [0.29, 0.717) is 6.61 Å². The van der Waals surface area contributed by atoms with Crippen LogP contribution in [0.1, 0.15) is 40.5 Å². The summed E-state index contributed by atoms with van der Waals surface area (Å²) in [6.45, 7) is 7.88. The lowest BCUT2D eigenvalue weighted by molar-refractivity contribution is -0.170. The Labute approximate surface area is 80.1 Å².